The summed E-state index contributed by atoms with van der Waals surface area (Å²) in [6, 6.07) is 5.98. The van der Waals surface area contributed by atoms with Gasteiger partial charge < -0.3 is 19.5 Å². The van der Waals surface area contributed by atoms with Crippen molar-refractivity contribution in [3.05, 3.63) is 36.1 Å². The van der Waals surface area contributed by atoms with E-state index in [0.717, 1.165) is 43.0 Å². The molecule has 96 valence electrons. The maximum absolute atomic E-state index is 5.51. The lowest BCUT2D eigenvalue weighted by Crippen LogP contribution is -2.28. The molecule has 0 amide bonds. The Hall–Kier alpha value is -1.68. The lowest BCUT2D eigenvalue weighted by molar-refractivity contribution is 0.122. The highest BCUT2D eigenvalue weighted by Crippen LogP contribution is 2.35. The van der Waals surface area contributed by atoms with Gasteiger partial charge in [-0.15, -0.1) is 0 Å². The number of ether oxygens (including phenoxy) is 3. The molecule has 0 saturated carbocycles. The largest absolute Gasteiger partial charge is 0.497 e. The van der Waals surface area contributed by atoms with E-state index in [2.05, 4.69) is 17.5 Å². The van der Waals surface area contributed by atoms with E-state index in [4.69, 9.17) is 14.2 Å². The summed E-state index contributed by atoms with van der Waals surface area (Å²) < 4.78 is 16.3. The van der Waals surface area contributed by atoms with E-state index in [0.29, 0.717) is 6.79 Å². The molecule has 1 unspecified atom stereocenters. The zero-order valence-electron chi connectivity index (χ0n) is 10.2. The standard InChI is InChI=1S/C14H17NO3/c1-2-7-16-12(5-1)9-15-8-11-4-3-6-13-14(11)18-10-17-13/h2-4,6-7,12,15H,1,5,8-10H2. The van der Waals surface area contributed by atoms with E-state index in [-0.39, 0.29) is 6.10 Å². The second-order valence-electron chi connectivity index (χ2n) is 4.49. The average molecular weight is 247 g/mol. The fourth-order valence-electron chi connectivity index (χ4n) is 2.23. The van der Waals surface area contributed by atoms with E-state index >= 15 is 0 Å². The highest BCUT2D eigenvalue weighted by atomic mass is 16.7. The minimum absolute atomic E-state index is 0.281. The Morgan fingerprint density at radius 1 is 1.28 bits per heavy atom. The minimum atomic E-state index is 0.281. The van der Waals surface area contributed by atoms with E-state index in [1.807, 2.05) is 12.1 Å². The molecule has 4 nitrogen and oxygen atoms in total. The summed E-state index contributed by atoms with van der Waals surface area (Å²) in [5.74, 6) is 1.71. The molecule has 2 aliphatic rings. The number of benzene rings is 1. The zero-order chi connectivity index (χ0) is 12.2. The number of fused-ring (bicyclic) bond motifs is 1. The first-order valence-electron chi connectivity index (χ1n) is 6.32. The summed E-state index contributed by atoms with van der Waals surface area (Å²) in [6.07, 6.45) is 6.32. The molecule has 0 spiro atoms. The van der Waals surface area contributed by atoms with Crippen LogP contribution in [0.4, 0.5) is 0 Å². The molecule has 0 fully saturated rings. The monoisotopic (exact) mass is 247 g/mol. The third-order valence-corrected chi connectivity index (χ3v) is 3.19. The Labute approximate surface area is 107 Å². The molecule has 0 aliphatic carbocycles. The summed E-state index contributed by atoms with van der Waals surface area (Å²) in [6.45, 7) is 1.95. The van der Waals surface area contributed by atoms with Crippen molar-refractivity contribution in [1.82, 2.24) is 5.32 Å². The van der Waals surface area contributed by atoms with Gasteiger partial charge in [-0.3, -0.25) is 0 Å². The van der Waals surface area contributed by atoms with Crippen LogP contribution in [-0.4, -0.2) is 19.4 Å². The minimum Gasteiger partial charge on any atom is -0.497 e. The topological polar surface area (TPSA) is 39.7 Å². The van der Waals surface area contributed by atoms with Gasteiger partial charge in [0, 0.05) is 18.7 Å². The normalized spacial score (nSPS) is 20.8. The van der Waals surface area contributed by atoms with Gasteiger partial charge in [0.1, 0.15) is 6.10 Å². The van der Waals surface area contributed by atoms with Crippen molar-refractivity contribution in [3.63, 3.8) is 0 Å². The van der Waals surface area contributed by atoms with Gasteiger partial charge in [0.05, 0.1) is 6.26 Å². The van der Waals surface area contributed by atoms with Crippen LogP contribution in [0.5, 0.6) is 11.5 Å². The predicted octanol–water partition coefficient (Wildman–Crippen LogP) is 2.20. The lowest BCUT2D eigenvalue weighted by Gasteiger charge is -2.19. The second-order valence-corrected chi connectivity index (χ2v) is 4.49. The van der Waals surface area contributed by atoms with Crippen LogP contribution in [-0.2, 0) is 11.3 Å². The number of hydrogen-bond donors (Lipinski definition) is 1. The van der Waals surface area contributed by atoms with Gasteiger partial charge in [-0.1, -0.05) is 12.1 Å². The SMILES string of the molecule is C1=COC(CNCc2cccc3c2OCO3)CC1. The number of rotatable bonds is 4. The average Bonchev–Trinajstić information content (AvgIpc) is 2.89. The van der Waals surface area contributed by atoms with Crippen molar-refractivity contribution in [1.29, 1.82) is 0 Å². The van der Waals surface area contributed by atoms with Gasteiger partial charge in [-0.25, -0.2) is 0 Å². The van der Waals surface area contributed by atoms with Gasteiger partial charge in [0.25, 0.3) is 0 Å². The number of hydrogen-bond acceptors (Lipinski definition) is 4. The molecule has 0 aromatic heterocycles. The molecule has 3 rings (SSSR count). The van der Waals surface area contributed by atoms with Crippen LogP contribution in [0.3, 0.4) is 0 Å². The van der Waals surface area contributed by atoms with Crippen LogP contribution >= 0.6 is 0 Å². The van der Waals surface area contributed by atoms with Crippen LogP contribution in [0, 0.1) is 0 Å². The molecule has 0 saturated heterocycles. The quantitative estimate of drug-likeness (QED) is 0.885. The molecule has 1 aromatic carbocycles. The lowest BCUT2D eigenvalue weighted by atomic mass is 10.1. The summed E-state index contributed by atoms with van der Waals surface area (Å²) in [4.78, 5) is 0. The molecule has 1 aromatic rings. The first kappa shape index (κ1) is 11.4. The van der Waals surface area contributed by atoms with Gasteiger partial charge in [0.2, 0.25) is 6.79 Å². The molecular formula is C14H17NO3. The van der Waals surface area contributed by atoms with Crippen molar-refractivity contribution in [2.45, 2.75) is 25.5 Å². The predicted molar refractivity (Wildman–Crippen MR) is 67.5 cm³/mol. The molecule has 2 aliphatic heterocycles. The second kappa shape index (κ2) is 5.31. The Morgan fingerprint density at radius 3 is 3.17 bits per heavy atom. The summed E-state index contributed by atoms with van der Waals surface area (Å²) in [5.41, 5.74) is 1.14. The highest BCUT2D eigenvalue weighted by molar-refractivity contribution is 5.48. The maximum Gasteiger partial charge on any atom is 0.231 e. The Kier molecular flexibility index (Phi) is 3.37. The van der Waals surface area contributed by atoms with Crippen LogP contribution in [0.1, 0.15) is 18.4 Å². The summed E-state index contributed by atoms with van der Waals surface area (Å²) in [5, 5.41) is 3.41. The van der Waals surface area contributed by atoms with Crippen LogP contribution < -0.4 is 14.8 Å². The third kappa shape index (κ3) is 2.43. The molecule has 4 heteroatoms. The van der Waals surface area contributed by atoms with Crippen LogP contribution in [0.25, 0.3) is 0 Å². The number of allylic oxidation sites excluding steroid dienone is 1. The zero-order valence-corrected chi connectivity index (χ0v) is 10.2. The Balaban J connectivity index is 1.54. The molecule has 1 N–H and O–H groups in total. The molecular weight excluding hydrogens is 230 g/mol. The van der Waals surface area contributed by atoms with E-state index in [9.17, 15) is 0 Å². The van der Waals surface area contributed by atoms with Crippen molar-refractivity contribution in [2.75, 3.05) is 13.3 Å². The van der Waals surface area contributed by atoms with Crippen molar-refractivity contribution in [3.8, 4) is 11.5 Å². The third-order valence-electron chi connectivity index (χ3n) is 3.19. The van der Waals surface area contributed by atoms with Crippen molar-refractivity contribution >= 4 is 0 Å². The van der Waals surface area contributed by atoms with Crippen LogP contribution in [0.2, 0.25) is 0 Å². The number of para-hydroxylation sites is 1. The highest BCUT2D eigenvalue weighted by Gasteiger charge is 2.17. The van der Waals surface area contributed by atoms with Gasteiger partial charge in [0.15, 0.2) is 11.5 Å². The maximum atomic E-state index is 5.51. The molecule has 0 radical (unpaired) electrons. The molecule has 2 heterocycles. The molecule has 1 atom stereocenters. The summed E-state index contributed by atoms with van der Waals surface area (Å²) >= 11 is 0. The van der Waals surface area contributed by atoms with Gasteiger partial charge in [-0.05, 0) is 25.0 Å². The van der Waals surface area contributed by atoms with Crippen LogP contribution in [0.15, 0.2) is 30.5 Å². The van der Waals surface area contributed by atoms with Crippen molar-refractivity contribution < 1.29 is 14.2 Å². The van der Waals surface area contributed by atoms with E-state index in [1.165, 1.54) is 0 Å². The molecule has 18 heavy (non-hydrogen) atoms. The first-order chi connectivity index (χ1) is 8.93. The van der Waals surface area contributed by atoms with Gasteiger partial charge >= 0.3 is 0 Å². The van der Waals surface area contributed by atoms with E-state index < -0.39 is 0 Å². The fraction of sp³-hybridized carbons (Fsp3) is 0.429. The molecule has 0 bridgehead atoms. The summed E-state index contributed by atoms with van der Waals surface area (Å²) in [7, 11) is 0. The number of nitrogens with one attached hydrogen (secondary N) is 1. The Bertz CT molecular complexity index is 445. The first-order valence-corrected chi connectivity index (χ1v) is 6.32. The van der Waals surface area contributed by atoms with Crippen molar-refractivity contribution in [2.24, 2.45) is 0 Å². The van der Waals surface area contributed by atoms with Gasteiger partial charge in [-0.2, -0.15) is 0 Å². The van der Waals surface area contributed by atoms with E-state index in [1.54, 1.807) is 6.26 Å². The Morgan fingerprint density at radius 2 is 2.28 bits per heavy atom. The smallest absolute Gasteiger partial charge is 0.231 e. The fourth-order valence-corrected chi connectivity index (χ4v) is 2.23.